The summed E-state index contributed by atoms with van der Waals surface area (Å²) in [5.41, 5.74) is 0.821. The van der Waals surface area contributed by atoms with Gasteiger partial charge in [-0.15, -0.1) is 0 Å². The average molecular weight is 250 g/mol. The average Bonchev–Trinajstić information content (AvgIpc) is 2.82. The third-order valence-electron chi connectivity index (χ3n) is 3.16. The number of pyridine rings is 1. The Morgan fingerprint density at radius 3 is 3.11 bits per heavy atom. The molecule has 1 atom stereocenters. The van der Waals surface area contributed by atoms with Crippen molar-refractivity contribution in [1.82, 2.24) is 10.3 Å². The van der Waals surface area contributed by atoms with E-state index in [1.807, 2.05) is 6.92 Å². The first kappa shape index (κ1) is 12.8. The van der Waals surface area contributed by atoms with Crippen LogP contribution in [0.2, 0.25) is 0 Å². The summed E-state index contributed by atoms with van der Waals surface area (Å²) in [6.45, 7) is 3.61. The van der Waals surface area contributed by atoms with Crippen LogP contribution in [0.15, 0.2) is 12.1 Å². The van der Waals surface area contributed by atoms with Crippen LogP contribution in [-0.4, -0.2) is 29.0 Å². The molecular weight excluding hydrogens is 232 g/mol. The van der Waals surface area contributed by atoms with Crippen LogP contribution in [0.25, 0.3) is 0 Å². The van der Waals surface area contributed by atoms with E-state index in [1.165, 1.54) is 18.9 Å². The maximum atomic E-state index is 10.9. The number of hydrogen-bond donors (Lipinski definition) is 2. The Morgan fingerprint density at radius 1 is 1.61 bits per heavy atom. The van der Waals surface area contributed by atoms with Gasteiger partial charge in [0.05, 0.1) is 4.92 Å². The molecule has 2 N–H and O–H groups in total. The highest BCUT2D eigenvalue weighted by molar-refractivity contribution is 5.55. The summed E-state index contributed by atoms with van der Waals surface area (Å²) in [5, 5.41) is 17.3. The van der Waals surface area contributed by atoms with E-state index in [0.717, 1.165) is 18.7 Å². The first-order chi connectivity index (χ1) is 8.66. The first-order valence-electron chi connectivity index (χ1n) is 6.26. The van der Waals surface area contributed by atoms with Crippen molar-refractivity contribution in [3.8, 4) is 0 Å². The van der Waals surface area contributed by atoms with Gasteiger partial charge in [-0.1, -0.05) is 0 Å². The van der Waals surface area contributed by atoms with Gasteiger partial charge in [-0.05, 0) is 38.8 Å². The molecule has 18 heavy (non-hydrogen) atoms. The van der Waals surface area contributed by atoms with Crippen molar-refractivity contribution in [3.05, 3.63) is 27.9 Å². The van der Waals surface area contributed by atoms with Crippen LogP contribution in [-0.2, 0) is 0 Å². The predicted molar refractivity (Wildman–Crippen MR) is 69.8 cm³/mol. The fourth-order valence-electron chi connectivity index (χ4n) is 2.19. The quantitative estimate of drug-likeness (QED) is 0.615. The number of rotatable bonds is 5. The topological polar surface area (TPSA) is 80.1 Å². The van der Waals surface area contributed by atoms with Crippen LogP contribution in [0.4, 0.5) is 11.5 Å². The minimum Gasteiger partial charge on any atom is -0.364 e. The zero-order valence-corrected chi connectivity index (χ0v) is 10.5. The van der Waals surface area contributed by atoms with Crippen LogP contribution in [0, 0.1) is 17.0 Å². The van der Waals surface area contributed by atoms with Crippen molar-refractivity contribution < 1.29 is 4.92 Å². The third-order valence-corrected chi connectivity index (χ3v) is 3.16. The number of anilines is 1. The van der Waals surface area contributed by atoms with E-state index in [9.17, 15) is 10.1 Å². The molecule has 2 rings (SSSR count). The molecule has 1 saturated heterocycles. The lowest BCUT2D eigenvalue weighted by Crippen LogP contribution is -2.24. The number of aromatic nitrogens is 1. The van der Waals surface area contributed by atoms with Gasteiger partial charge < -0.3 is 10.6 Å². The van der Waals surface area contributed by atoms with Crippen LogP contribution < -0.4 is 10.6 Å². The smallest absolute Gasteiger partial charge is 0.311 e. The predicted octanol–water partition coefficient (Wildman–Crippen LogP) is 1.85. The normalized spacial score (nSPS) is 18.8. The molecule has 6 nitrogen and oxygen atoms in total. The molecule has 6 heteroatoms. The summed E-state index contributed by atoms with van der Waals surface area (Å²) < 4.78 is 0. The van der Waals surface area contributed by atoms with Crippen molar-refractivity contribution in [3.63, 3.8) is 0 Å². The summed E-state index contributed by atoms with van der Waals surface area (Å²) in [6, 6.07) is 3.68. The van der Waals surface area contributed by atoms with E-state index < -0.39 is 4.92 Å². The minimum absolute atomic E-state index is 0.0416. The summed E-state index contributed by atoms with van der Waals surface area (Å²) in [6.07, 6.45) is 3.37. The highest BCUT2D eigenvalue weighted by Gasteiger charge is 2.17. The molecule has 2 heterocycles. The number of nitro groups is 1. The molecule has 0 spiro atoms. The van der Waals surface area contributed by atoms with Gasteiger partial charge in [0, 0.05) is 24.3 Å². The van der Waals surface area contributed by atoms with E-state index in [2.05, 4.69) is 15.6 Å². The fourth-order valence-corrected chi connectivity index (χ4v) is 2.19. The Morgan fingerprint density at radius 2 is 2.44 bits per heavy atom. The molecule has 1 aromatic rings. The number of hydrogen-bond acceptors (Lipinski definition) is 5. The molecular formula is C12H18N4O2. The van der Waals surface area contributed by atoms with E-state index in [4.69, 9.17) is 0 Å². The lowest BCUT2D eigenvalue weighted by Gasteiger charge is -2.11. The van der Waals surface area contributed by atoms with Gasteiger partial charge in [0.1, 0.15) is 0 Å². The van der Waals surface area contributed by atoms with Crippen LogP contribution in [0.5, 0.6) is 0 Å². The molecule has 1 fully saturated rings. The highest BCUT2D eigenvalue weighted by Crippen LogP contribution is 2.22. The van der Waals surface area contributed by atoms with E-state index in [-0.39, 0.29) is 5.69 Å². The minimum atomic E-state index is -0.400. The van der Waals surface area contributed by atoms with Gasteiger partial charge in [0.2, 0.25) is 5.82 Å². The van der Waals surface area contributed by atoms with Crippen molar-refractivity contribution in [1.29, 1.82) is 0 Å². The Hall–Kier alpha value is -1.69. The molecule has 0 saturated carbocycles. The Bertz CT molecular complexity index is 430. The molecule has 0 bridgehead atoms. The van der Waals surface area contributed by atoms with Crippen molar-refractivity contribution in [2.24, 2.45) is 0 Å². The van der Waals surface area contributed by atoms with Gasteiger partial charge in [-0.25, -0.2) is 4.98 Å². The fraction of sp³-hybridized carbons (Fsp3) is 0.583. The maximum Gasteiger partial charge on any atom is 0.311 e. The van der Waals surface area contributed by atoms with E-state index >= 15 is 0 Å². The van der Waals surface area contributed by atoms with E-state index in [0.29, 0.717) is 18.4 Å². The number of nitrogens with one attached hydrogen (secondary N) is 2. The lowest BCUT2D eigenvalue weighted by molar-refractivity contribution is -0.384. The Balaban J connectivity index is 1.94. The second-order valence-electron chi connectivity index (χ2n) is 4.59. The standard InChI is InChI=1S/C12H18N4O2/c1-9-4-5-11(16(17)18)12(15-9)14-8-6-10-3-2-7-13-10/h4-5,10,13H,2-3,6-8H2,1H3,(H,14,15)/t10-/m1/s1. The SMILES string of the molecule is Cc1ccc([N+](=O)[O-])c(NCC[C@H]2CCCN2)n1. The molecule has 0 unspecified atom stereocenters. The molecule has 0 radical (unpaired) electrons. The molecule has 98 valence electrons. The van der Waals surface area contributed by atoms with Crippen LogP contribution in [0.1, 0.15) is 25.0 Å². The largest absolute Gasteiger partial charge is 0.364 e. The van der Waals surface area contributed by atoms with Crippen molar-refractivity contribution in [2.45, 2.75) is 32.2 Å². The van der Waals surface area contributed by atoms with Gasteiger partial charge in [0.25, 0.3) is 0 Å². The summed E-state index contributed by atoms with van der Waals surface area (Å²) >= 11 is 0. The summed E-state index contributed by atoms with van der Waals surface area (Å²) in [7, 11) is 0. The van der Waals surface area contributed by atoms with Gasteiger partial charge in [-0.2, -0.15) is 0 Å². The second kappa shape index (κ2) is 5.77. The zero-order chi connectivity index (χ0) is 13.0. The monoisotopic (exact) mass is 250 g/mol. The molecule has 1 aliphatic heterocycles. The van der Waals surface area contributed by atoms with Crippen LogP contribution >= 0.6 is 0 Å². The van der Waals surface area contributed by atoms with Crippen molar-refractivity contribution >= 4 is 11.5 Å². The van der Waals surface area contributed by atoms with Gasteiger partial charge in [-0.3, -0.25) is 10.1 Å². The number of nitrogens with zero attached hydrogens (tertiary/aromatic N) is 2. The Kier molecular flexibility index (Phi) is 4.09. The first-order valence-corrected chi connectivity index (χ1v) is 6.26. The van der Waals surface area contributed by atoms with Crippen molar-refractivity contribution in [2.75, 3.05) is 18.4 Å². The molecule has 0 aliphatic carbocycles. The second-order valence-corrected chi connectivity index (χ2v) is 4.59. The zero-order valence-electron chi connectivity index (χ0n) is 10.5. The highest BCUT2D eigenvalue weighted by atomic mass is 16.6. The summed E-state index contributed by atoms with van der Waals surface area (Å²) in [4.78, 5) is 14.7. The molecule has 1 aliphatic rings. The van der Waals surface area contributed by atoms with Crippen LogP contribution in [0.3, 0.4) is 0 Å². The van der Waals surface area contributed by atoms with E-state index in [1.54, 1.807) is 6.07 Å². The Labute approximate surface area is 106 Å². The number of aryl methyl sites for hydroxylation is 1. The molecule has 0 amide bonds. The summed E-state index contributed by atoms with van der Waals surface area (Å²) in [5.74, 6) is 0.373. The van der Waals surface area contributed by atoms with Gasteiger partial charge in [0.15, 0.2) is 0 Å². The molecule has 0 aromatic carbocycles. The third kappa shape index (κ3) is 3.16. The molecule has 1 aromatic heterocycles. The maximum absolute atomic E-state index is 10.9. The lowest BCUT2D eigenvalue weighted by atomic mass is 10.1. The van der Waals surface area contributed by atoms with Gasteiger partial charge >= 0.3 is 5.69 Å².